The summed E-state index contributed by atoms with van der Waals surface area (Å²) >= 11 is 0. The summed E-state index contributed by atoms with van der Waals surface area (Å²) in [4.78, 5) is 4.39. The van der Waals surface area contributed by atoms with Crippen LogP contribution in [0.4, 0.5) is 0 Å². The molecule has 0 radical (unpaired) electrons. The van der Waals surface area contributed by atoms with Crippen LogP contribution in [-0.2, 0) is 5.41 Å². The van der Waals surface area contributed by atoms with Crippen LogP contribution in [0.15, 0.2) is 30.7 Å². The maximum atomic E-state index is 4.39. The zero-order valence-corrected chi connectivity index (χ0v) is 11.9. The number of rotatable bonds is 2. The molecule has 1 aliphatic heterocycles. The van der Waals surface area contributed by atoms with Crippen molar-refractivity contribution in [3.63, 3.8) is 0 Å². The van der Waals surface area contributed by atoms with E-state index >= 15 is 0 Å². The zero-order valence-electron chi connectivity index (χ0n) is 11.9. The van der Waals surface area contributed by atoms with Gasteiger partial charge >= 0.3 is 0 Å². The summed E-state index contributed by atoms with van der Waals surface area (Å²) in [5, 5.41) is 3.46. The van der Waals surface area contributed by atoms with Gasteiger partial charge in [-0.05, 0) is 38.4 Å². The maximum absolute atomic E-state index is 4.39. The third-order valence-corrected chi connectivity index (χ3v) is 4.24. The predicted octanol–water partition coefficient (Wildman–Crippen LogP) is 2.74. The third-order valence-electron chi connectivity index (χ3n) is 4.24. The zero-order chi connectivity index (χ0) is 13.5. The molecule has 1 aromatic heterocycles. The largest absolute Gasteiger partial charge is 0.316 e. The molecule has 3 nitrogen and oxygen atoms in total. The van der Waals surface area contributed by atoms with E-state index < -0.39 is 0 Å². The number of nitrogens with one attached hydrogen (secondary N) is 1. The van der Waals surface area contributed by atoms with Crippen LogP contribution in [0.1, 0.15) is 30.2 Å². The Bertz CT molecular complexity index is 592. The molecule has 1 atom stereocenters. The number of benzene rings is 1. The van der Waals surface area contributed by atoms with E-state index in [1.165, 1.54) is 28.9 Å². The summed E-state index contributed by atoms with van der Waals surface area (Å²) in [6.45, 7) is 8.75. The first-order chi connectivity index (χ1) is 9.10. The van der Waals surface area contributed by atoms with Gasteiger partial charge in [-0.1, -0.05) is 24.6 Å². The molecule has 0 saturated carbocycles. The minimum atomic E-state index is 0.188. The van der Waals surface area contributed by atoms with Crippen LogP contribution in [0.2, 0.25) is 0 Å². The van der Waals surface area contributed by atoms with Crippen LogP contribution in [0.5, 0.6) is 0 Å². The van der Waals surface area contributed by atoms with E-state index in [0.717, 1.165) is 13.1 Å². The molecule has 3 heteroatoms. The normalized spacial score (nSPS) is 22.9. The van der Waals surface area contributed by atoms with Gasteiger partial charge in [0, 0.05) is 29.5 Å². The van der Waals surface area contributed by atoms with Crippen molar-refractivity contribution in [1.29, 1.82) is 0 Å². The minimum Gasteiger partial charge on any atom is -0.316 e. The Morgan fingerprint density at radius 2 is 2.16 bits per heavy atom. The molecule has 0 bridgehead atoms. The van der Waals surface area contributed by atoms with E-state index in [4.69, 9.17) is 0 Å². The van der Waals surface area contributed by atoms with Crippen molar-refractivity contribution in [3.05, 3.63) is 47.5 Å². The molecule has 1 saturated heterocycles. The van der Waals surface area contributed by atoms with Gasteiger partial charge in [0.2, 0.25) is 0 Å². The first kappa shape index (κ1) is 12.4. The Hall–Kier alpha value is -1.61. The van der Waals surface area contributed by atoms with Crippen molar-refractivity contribution in [2.24, 2.45) is 0 Å². The number of aromatic nitrogens is 2. The molecule has 0 amide bonds. The van der Waals surface area contributed by atoms with Crippen molar-refractivity contribution in [1.82, 2.24) is 14.9 Å². The van der Waals surface area contributed by atoms with Gasteiger partial charge in [-0.2, -0.15) is 0 Å². The fourth-order valence-electron chi connectivity index (χ4n) is 3.04. The Morgan fingerprint density at radius 1 is 1.32 bits per heavy atom. The van der Waals surface area contributed by atoms with Crippen LogP contribution < -0.4 is 5.32 Å². The van der Waals surface area contributed by atoms with Gasteiger partial charge in [-0.15, -0.1) is 0 Å². The highest BCUT2D eigenvalue weighted by atomic mass is 15.1. The van der Waals surface area contributed by atoms with Gasteiger partial charge in [0.1, 0.15) is 0 Å². The fourth-order valence-corrected chi connectivity index (χ4v) is 3.04. The van der Waals surface area contributed by atoms with E-state index in [2.05, 4.69) is 53.8 Å². The minimum absolute atomic E-state index is 0.188. The first-order valence-electron chi connectivity index (χ1n) is 6.91. The quantitative estimate of drug-likeness (QED) is 0.894. The van der Waals surface area contributed by atoms with E-state index in [1.807, 2.05) is 12.5 Å². The lowest BCUT2D eigenvalue weighted by atomic mass is 9.86. The lowest BCUT2D eigenvalue weighted by molar-refractivity contribution is 0.498. The van der Waals surface area contributed by atoms with E-state index in [0.29, 0.717) is 0 Å². The summed E-state index contributed by atoms with van der Waals surface area (Å²) < 4.78 is 2.25. The van der Waals surface area contributed by atoms with Gasteiger partial charge in [0.05, 0.1) is 6.33 Å². The number of hydrogen-bond acceptors (Lipinski definition) is 2. The highest BCUT2D eigenvalue weighted by Crippen LogP contribution is 2.32. The highest BCUT2D eigenvalue weighted by Gasteiger charge is 2.33. The number of hydrogen-bond donors (Lipinski definition) is 1. The second-order valence-corrected chi connectivity index (χ2v) is 5.93. The Balaban J connectivity index is 2.09. The fraction of sp³-hybridized carbons (Fsp3) is 0.438. The monoisotopic (exact) mass is 255 g/mol. The van der Waals surface area contributed by atoms with E-state index in [9.17, 15) is 0 Å². The molecule has 1 aliphatic rings. The standard InChI is InChI=1S/C16H21N3/c1-12-4-5-14(13(2)8-12)19-11-18-9-15(19)16(3)6-7-17-10-16/h4-5,8-9,11,17H,6-7,10H2,1-3H3. The topological polar surface area (TPSA) is 29.9 Å². The second-order valence-electron chi connectivity index (χ2n) is 5.93. The molecule has 1 N–H and O–H groups in total. The summed E-state index contributed by atoms with van der Waals surface area (Å²) in [7, 11) is 0. The van der Waals surface area contributed by atoms with Gasteiger partial charge in [0.25, 0.3) is 0 Å². The molecule has 3 rings (SSSR count). The Morgan fingerprint density at radius 3 is 2.84 bits per heavy atom. The summed E-state index contributed by atoms with van der Waals surface area (Å²) in [5.74, 6) is 0. The second kappa shape index (κ2) is 4.49. The average Bonchev–Trinajstić information content (AvgIpc) is 2.98. The Kier molecular flexibility index (Phi) is 2.94. The number of imidazole rings is 1. The van der Waals surface area contributed by atoms with E-state index in [-0.39, 0.29) is 5.41 Å². The van der Waals surface area contributed by atoms with Crippen molar-refractivity contribution < 1.29 is 0 Å². The van der Waals surface area contributed by atoms with Gasteiger partial charge in [-0.25, -0.2) is 4.98 Å². The van der Waals surface area contributed by atoms with Gasteiger partial charge in [0.15, 0.2) is 0 Å². The smallest absolute Gasteiger partial charge is 0.0994 e. The highest BCUT2D eigenvalue weighted by molar-refractivity contribution is 5.44. The molecule has 0 aliphatic carbocycles. The predicted molar refractivity (Wildman–Crippen MR) is 77.9 cm³/mol. The Labute approximate surface area is 114 Å². The molecule has 1 aromatic carbocycles. The van der Waals surface area contributed by atoms with Crippen molar-refractivity contribution >= 4 is 0 Å². The van der Waals surface area contributed by atoms with Crippen LogP contribution in [0, 0.1) is 13.8 Å². The molecule has 2 aromatic rings. The summed E-state index contributed by atoms with van der Waals surface area (Å²) in [6.07, 6.45) is 5.13. The third kappa shape index (κ3) is 2.08. The molecule has 2 heterocycles. The lowest BCUT2D eigenvalue weighted by Crippen LogP contribution is -2.27. The van der Waals surface area contributed by atoms with Crippen molar-refractivity contribution in [3.8, 4) is 5.69 Å². The van der Waals surface area contributed by atoms with Crippen LogP contribution in [0.25, 0.3) is 5.69 Å². The van der Waals surface area contributed by atoms with Crippen molar-refractivity contribution in [2.45, 2.75) is 32.6 Å². The average molecular weight is 255 g/mol. The van der Waals surface area contributed by atoms with E-state index in [1.54, 1.807) is 0 Å². The van der Waals surface area contributed by atoms with Gasteiger partial charge < -0.3 is 9.88 Å². The molecule has 1 unspecified atom stereocenters. The number of aryl methyl sites for hydroxylation is 2. The van der Waals surface area contributed by atoms with Gasteiger partial charge in [-0.3, -0.25) is 0 Å². The summed E-state index contributed by atoms with van der Waals surface area (Å²) in [5.41, 5.74) is 5.34. The van der Waals surface area contributed by atoms with Crippen LogP contribution in [-0.4, -0.2) is 22.6 Å². The molecular formula is C16H21N3. The molecular weight excluding hydrogens is 234 g/mol. The lowest BCUT2D eigenvalue weighted by Gasteiger charge is -2.25. The molecule has 100 valence electrons. The summed E-state index contributed by atoms with van der Waals surface area (Å²) in [6, 6.07) is 6.59. The van der Waals surface area contributed by atoms with Crippen LogP contribution in [0.3, 0.4) is 0 Å². The molecule has 19 heavy (non-hydrogen) atoms. The van der Waals surface area contributed by atoms with Crippen molar-refractivity contribution in [2.75, 3.05) is 13.1 Å². The molecule has 1 fully saturated rings. The SMILES string of the molecule is Cc1ccc(-n2cncc2C2(C)CCNC2)c(C)c1. The first-order valence-corrected chi connectivity index (χ1v) is 6.91. The maximum Gasteiger partial charge on any atom is 0.0994 e. The number of nitrogens with zero attached hydrogens (tertiary/aromatic N) is 2. The van der Waals surface area contributed by atoms with Crippen LogP contribution >= 0.6 is 0 Å². The molecule has 0 spiro atoms.